The van der Waals surface area contributed by atoms with Gasteiger partial charge in [0.2, 0.25) is 0 Å². The molecule has 0 aromatic heterocycles. The van der Waals surface area contributed by atoms with E-state index in [-0.39, 0.29) is 0 Å². The SMILES string of the molecule is CCCN(CCC)CC(C)(NCC)C(=O)O. The Morgan fingerprint density at radius 3 is 2.06 bits per heavy atom. The van der Waals surface area contributed by atoms with Gasteiger partial charge in [0.25, 0.3) is 0 Å². The smallest absolute Gasteiger partial charge is 0.324 e. The van der Waals surface area contributed by atoms with Gasteiger partial charge in [-0.05, 0) is 39.4 Å². The van der Waals surface area contributed by atoms with E-state index < -0.39 is 11.5 Å². The summed E-state index contributed by atoms with van der Waals surface area (Å²) in [5, 5.41) is 12.3. The third kappa shape index (κ3) is 4.94. The molecule has 0 aliphatic heterocycles. The van der Waals surface area contributed by atoms with E-state index in [2.05, 4.69) is 24.1 Å². The Kier molecular flexibility index (Phi) is 7.34. The van der Waals surface area contributed by atoms with Crippen molar-refractivity contribution in [3.8, 4) is 0 Å². The molecule has 4 heteroatoms. The average Bonchev–Trinajstić information content (AvgIpc) is 2.18. The molecule has 0 aromatic carbocycles. The Hall–Kier alpha value is -0.610. The number of hydrogen-bond acceptors (Lipinski definition) is 3. The van der Waals surface area contributed by atoms with E-state index in [0.29, 0.717) is 13.1 Å². The third-order valence-corrected chi connectivity index (χ3v) is 2.66. The van der Waals surface area contributed by atoms with Gasteiger partial charge in [0.1, 0.15) is 5.54 Å². The number of aliphatic carboxylic acids is 1. The summed E-state index contributed by atoms with van der Waals surface area (Å²) in [5.74, 6) is -0.772. The zero-order valence-corrected chi connectivity index (χ0v) is 11.0. The van der Waals surface area contributed by atoms with Crippen molar-refractivity contribution in [2.24, 2.45) is 0 Å². The standard InChI is InChI=1S/C12H26N2O2/c1-5-8-14(9-6-2)10-12(4,11(15)16)13-7-3/h13H,5-10H2,1-4H3,(H,15,16). The van der Waals surface area contributed by atoms with Crippen LogP contribution in [0, 0.1) is 0 Å². The molecule has 0 rings (SSSR count). The lowest BCUT2D eigenvalue weighted by atomic mass is 10.0. The summed E-state index contributed by atoms with van der Waals surface area (Å²) < 4.78 is 0. The minimum absolute atomic E-state index is 0.567. The van der Waals surface area contributed by atoms with Crippen LogP contribution in [0.4, 0.5) is 0 Å². The van der Waals surface area contributed by atoms with Crippen LogP contribution in [0.3, 0.4) is 0 Å². The van der Waals surface area contributed by atoms with E-state index in [1.54, 1.807) is 6.92 Å². The molecule has 0 aliphatic carbocycles. The van der Waals surface area contributed by atoms with Crippen LogP contribution in [-0.2, 0) is 4.79 Å². The number of carboxylic acid groups (broad SMARTS) is 1. The van der Waals surface area contributed by atoms with Crippen LogP contribution in [0.15, 0.2) is 0 Å². The van der Waals surface area contributed by atoms with Crippen molar-refractivity contribution in [2.75, 3.05) is 26.2 Å². The predicted molar refractivity (Wildman–Crippen MR) is 66.7 cm³/mol. The Morgan fingerprint density at radius 1 is 1.25 bits per heavy atom. The fourth-order valence-electron chi connectivity index (χ4n) is 1.94. The topological polar surface area (TPSA) is 52.6 Å². The maximum Gasteiger partial charge on any atom is 0.324 e. The minimum atomic E-state index is -0.834. The van der Waals surface area contributed by atoms with E-state index in [1.807, 2.05) is 6.92 Å². The van der Waals surface area contributed by atoms with Crippen molar-refractivity contribution in [3.63, 3.8) is 0 Å². The van der Waals surface area contributed by atoms with Crippen LogP contribution in [0.2, 0.25) is 0 Å². The van der Waals surface area contributed by atoms with Crippen LogP contribution in [0.5, 0.6) is 0 Å². The summed E-state index contributed by atoms with van der Waals surface area (Å²) in [6.07, 6.45) is 2.11. The van der Waals surface area contributed by atoms with Crippen molar-refractivity contribution in [1.82, 2.24) is 10.2 Å². The summed E-state index contributed by atoms with van der Waals surface area (Å²) in [6, 6.07) is 0. The normalized spacial score (nSPS) is 15.1. The third-order valence-electron chi connectivity index (χ3n) is 2.66. The van der Waals surface area contributed by atoms with Crippen molar-refractivity contribution in [2.45, 2.75) is 46.1 Å². The molecule has 1 atom stereocenters. The molecule has 4 nitrogen and oxygen atoms in total. The van der Waals surface area contributed by atoms with Crippen LogP contribution in [0.25, 0.3) is 0 Å². The fourth-order valence-corrected chi connectivity index (χ4v) is 1.94. The number of nitrogens with zero attached hydrogens (tertiary/aromatic N) is 1. The first-order valence-electron chi connectivity index (χ1n) is 6.20. The van der Waals surface area contributed by atoms with Gasteiger partial charge in [-0.15, -0.1) is 0 Å². The van der Waals surface area contributed by atoms with E-state index in [4.69, 9.17) is 0 Å². The summed E-state index contributed by atoms with van der Waals surface area (Å²) in [6.45, 7) is 11.1. The molecule has 0 amide bonds. The molecule has 1 unspecified atom stereocenters. The van der Waals surface area contributed by atoms with Gasteiger partial charge in [-0.3, -0.25) is 4.79 Å². The zero-order chi connectivity index (χ0) is 12.6. The second kappa shape index (κ2) is 7.63. The van der Waals surface area contributed by atoms with Gasteiger partial charge in [0.15, 0.2) is 0 Å². The Labute approximate surface area is 99.0 Å². The highest BCUT2D eigenvalue weighted by atomic mass is 16.4. The van der Waals surface area contributed by atoms with Crippen molar-refractivity contribution in [3.05, 3.63) is 0 Å². The summed E-state index contributed by atoms with van der Waals surface area (Å²) >= 11 is 0. The molecule has 0 fully saturated rings. The van der Waals surface area contributed by atoms with Crippen LogP contribution in [0.1, 0.15) is 40.5 Å². The maximum atomic E-state index is 11.3. The highest BCUT2D eigenvalue weighted by molar-refractivity contribution is 5.78. The lowest BCUT2D eigenvalue weighted by Crippen LogP contribution is -2.57. The van der Waals surface area contributed by atoms with Gasteiger partial charge < -0.3 is 15.3 Å². The molecule has 0 spiro atoms. The first kappa shape index (κ1) is 15.4. The van der Waals surface area contributed by atoms with Gasteiger partial charge in [-0.2, -0.15) is 0 Å². The summed E-state index contributed by atoms with van der Waals surface area (Å²) in [4.78, 5) is 13.5. The van der Waals surface area contributed by atoms with Crippen LogP contribution in [-0.4, -0.2) is 47.7 Å². The first-order valence-corrected chi connectivity index (χ1v) is 6.20. The van der Waals surface area contributed by atoms with Crippen molar-refractivity contribution in [1.29, 1.82) is 0 Å². The number of rotatable bonds is 9. The van der Waals surface area contributed by atoms with Gasteiger partial charge in [-0.25, -0.2) is 0 Å². The highest BCUT2D eigenvalue weighted by Crippen LogP contribution is 2.08. The quantitative estimate of drug-likeness (QED) is 0.631. The van der Waals surface area contributed by atoms with Gasteiger partial charge in [-0.1, -0.05) is 20.8 Å². The molecule has 2 N–H and O–H groups in total. The van der Waals surface area contributed by atoms with Gasteiger partial charge in [0.05, 0.1) is 0 Å². The molecule has 0 bridgehead atoms. The molecule has 0 radical (unpaired) electrons. The largest absolute Gasteiger partial charge is 0.480 e. The Balaban J connectivity index is 4.49. The number of nitrogens with one attached hydrogen (secondary N) is 1. The zero-order valence-electron chi connectivity index (χ0n) is 11.0. The molecule has 0 saturated carbocycles. The Bertz CT molecular complexity index is 203. The minimum Gasteiger partial charge on any atom is -0.480 e. The monoisotopic (exact) mass is 230 g/mol. The van der Waals surface area contributed by atoms with E-state index in [9.17, 15) is 9.90 Å². The number of likely N-dealkylation sites (N-methyl/N-ethyl adjacent to an activating group) is 1. The average molecular weight is 230 g/mol. The van der Waals surface area contributed by atoms with Gasteiger partial charge >= 0.3 is 5.97 Å². The summed E-state index contributed by atoms with van der Waals surface area (Å²) in [7, 11) is 0. The molecular formula is C12H26N2O2. The maximum absolute atomic E-state index is 11.3. The molecule has 0 aliphatic rings. The van der Waals surface area contributed by atoms with Crippen LogP contribution < -0.4 is 5.32 Å². The number of carbonyl (C=O) groups is 1. The van der Waals surface area contributed by atoms with Gasteiger partial charge in [0, 0.05) is 6.54 Å². The number of hydrogen-bond donors (Lipinski definition) is 2. The second-order valence-electron chi connectivity index (χ2n) is 4.44. The van der Waals surface area contributed by atoms with E-state index >= 15 is 0 Å². The molecule has 0 saturated heterocycles. The first-order chi connectivity index (χ1) is 7.50. The molecule has 0 aromatic rings. The Morgan fingerprint density at radius 2 is 1.75 bits per heavy atom. The molecule has 96 valence electrons. The lowest BCUT2D eigenvalue weighted by molar-refractivity contribution is -0.145. The van der Waals surface area contributed by atoms with E-state index in [0.717, 1.165) is 25.9 Å². The molecule has 0 heterocycles. The predicted octanol–water partition coefficient (Wildman–Crippen LogP) is 1.56. The number of carboxylic acids is 1. The summed E-state index contributed by atoms with van der Waals surface area (Å²) in [5.41, 5.74) is -0.834. The highest BCUT2D eigenvalue weighted by Gasteiger charge is 2.33. The molecular weight excluding hydrogens is 204 g/mol. The van der Waals surface area contributed by atoms with Crippen molar-refractivity contribution >= 4 is 5.97 Å². The molecule has 16 heavy (non-hydrogen) atoms. The van der Waals surface area contributed by atoms with Crippen LogP contribution >= 0.6 is 0 Å². The lowest BCUT2D eigenvalue weighted by Gasteiger charge is -2.32. The van der Waals surface area contributed by atoms with E-state index in [1.165, 1.54) is 0 Å². The second-order valence-corrected chi connectivity index (χ2v) is 4.44. The van der Waals surface area contributed by atoms with Crippen molar-refractivity contribution < 1.29 is 9.90 Å². The fraction of sp³-hybridized carbons (Fsp3) is 0.917.